The van der Waals surface area contributed by atoms with Crippen LogP contribution in [0.5, 0.6) is 0 Å². The molecule has 1 saturated heterocycles. The van der Waals surface area contributed by atoms with Crippen LogP contribution in [0.3, 0.4) is 0 Å². The van der Waals surface area contributed by atoms with Crippen LogP contribution in [0.1, 0.15) is 39.2 Å². The van der Waals surface area contributed by atoms with Gasteiger partial charge in [0.05, 0.1) is 30.3 Å². The fraction of sp³-hybridized carbons (Fsp3) is 0.524. The highest BCUT2D eigenvalue weighted by Gasteiger charge is 2.60. The van der Waals surface area contributed by atoms with Gasteiger partial charge < -0.3 is 19.1 Å². The summed E-state index contributed by atoms with van der Waals surface area (Å²) in [6.07, 6.45) is -0.190. The van der Waals surface area contributed by atoms with Gasteiger partial charge in [0.1, 0.15) is 5.92 Å². The molecule has 1 aromatic carbocycles. The molecule has 0 aliphatic carbocycles. The van der Waals surface area contributed by atoms with E-state index in [0.29, 0.717) is 17.8 Å². The third-order valence-electron chi connectivity index (χ3n) is 5.82. The molecule has 0 bridgehead atoms. The van der Waals surface area contributed by atoms with E-state index in [0.717, 1.165) is 0 Å². The van der Waals surface area contributed by atoms with Gasteiger partial charge in [-0.15, -0.1) is 0 Å². The molecule has 4 atom stereocenters. The van der Waals surface area contributed by atoms with Gasteiger partial charge in [-0.2, -0.15) is 0 Å². The lowest BCUT2D eigenvalue weighted by Gasteiger charge is -2.48. The summed E-state index contributed by atoms with van der Waals surface area (Å²) in [4.78, 5) is 38.8. The molecular weight excluding hydrogens is 392 g/mol. The number of ether oxygens (including phenoxy) is 3. The number of non-ortho nitro benzene ring substituents is 1. The second-order valence-electron chi connectivity index (χ2n) is 7.64. The summed E-state index contributed by atoms with van der Waals surface area (Å²) in [6, 6.07) is 5.94. The number of fused-ring (bicyclic) bond motifs is 1. The first kappa shape index (κ1) is 21.8. The number of nitro groups is 1. The largest absolute Gasteiger partial charge is 0.466 e. The van der Waals surface area contributed by atoms with Crippen molar-refractivity contribution in [2.75, 3.05) is 20.3 Å². The van der Waals surface area contributed by atoms with Crippen LogP contribution in [-0.4, -0.2) is 53.9 Å². The molecule has 0 radical (unpaired) electrons. The number of nitrogens with zero attached hydrogens (tertiary/aromatic N) is 2. The van der Waals surface area contributed by atoms with E-state index in [4.69, 9.17) is 14.2 Å². The van der Waals surface area contributed by atoms with E-state index in [-0.39, 0.29) is 24.0 Å². The number of rotatable bonds is 5. The molecule has 1 aromatic rings. The highest BCUT2D eigenvalue weighted by atomic mass is 16.6. The molecule has 162 valence electrons. The Morgan fingerprint density at radius 1 is 1.40 bits per heavy atom. The van der Waals surface area contributed by atoms with Crippen molar-refractivity contribution in [3.8, 4) is 0 Å². The topological polar surface area (TPSA) is 108 Å². The molecule has 0 spiro atoms. The second-order valence-corrected chi connectivity index (χ2v) is 7.64. The van der Waals surface area contributed by atoms with Crippen LogP contribution in [0, 0.1) is 16.0 Å². The molecule has 0 saturated carbocycles. The highest BCUT2D eigenvalue weighted by molar-refractivity contribution is 5.93. The lowest BCUT2D eigenvalue weighted by atomic mass is 9.71. The van der Waals surface area contributed by atoms with E-state index < -0.39 is 34.4 Å². The van der Waals surface area contributed by atoms with Gasteiger partial charge in [-0.1, -0.05) is 12.1 Å². The van der Waals surface area contributed by atoms with Crippen LogP contribution >= 0.6 is 0 Å². The minimum absolute atomic E-state index is 0.134. The quantitative estimate of drug-likeness (QED) is 0.408. The highest BCUT2D eigenvalue weighted by Crippen LogP contribution is 2.52. The zero-order valence-electron chi connectivity index (χ0n) is 17.7. The van der Waals surface area contributed by atoms with Crippen molar-refractivity contribution < 1.29 is 28.7 Å². The van der Waals surface area contributed by atoms with E-state index in [2.05, 4.69) is 0 Å². The van der Waals surface area contributed by atoms with Gasteiger partial charge >= 0.3 is 11.9 Å². The molecule has 2 aliphatic rings. The molecule has 9 heteroatoms. The SMILES string of the molecule is CCOC(=O)[C@@H]1[C@@H](c2cccc([N+](=O)[O-])c2)C(C(=O)OC)=C(C)N2C[C@@H](C)O[C@]12C. The van der Waals surface area contributed by atoms with Crippen LogP contribution in [0.2, 0.25) is 0 Å². The third kappa shape index (κ3) is 3.43. The minimum Gasteiger partial charge on any atom is -0.466 e. The molecule has 0 aromatic heterocycles. The van der Waals surface area contributed by atoms with Gasteiger partial charge in [0.25, 0.3) is 5.69 Å². The Balaban J connectivity index is 2.29. The van der Waals surface area contributed by atoms with E-state index in [9.17, 15) is 19.7 Å². The number of nitro benzene ring substituents is 1. The number of hydrogen-bond donors (Lipinski definition) is 0. The normalized spacial score (nSPS) is 28.2. The smallest absolute Gasteiger partial charge is 0.336 e. The molecule has 0 amide bonds. The fourth-order valence-electron chi connectivity index (χ4n) is 4.67. The zero-order valence-corrected chi connectivity index (χ0v) is 17.7. The first-order chi connectivity index (χ1) is 14.2. The Morgan fingerprint density at radius 2 is 2.10 bits per heavy atom. The summed E-state index contributed by atoms with van der Waals surface area (Å²) in [5, 5.41) is 11.4. The summed E-state index contributed by atoms with van der Waals surface area (Å²) in [5.74, 6) is -2.89. The fourth-order valence-corrected chi connectivity index (χ4v) is 4.67. The summed E-state index contributed by atoms with van der Waals surface area (Å²) in [7, 11) is 1.27. The Labute approximate surface area is 174 Å². The maximum atomic E-state index is 13.2. The third-order valence-corrected chi connectivity index (χ3v) is 5.82. The van der Waals surface area contributed by atoms with Crippen molar-refractivity contribution in [1.82, 2.24) is 4.90 Å². The van der Waals surface area contributed by atoms with Crippen molar-refractivity contribution in [3.63, 3.8) is 0 Å². The van der Waals surface area contributed by atoms with Crippen molar-refractivity contribution in [2.24, 2.45) is 5.92 Å². The molecule has 0 unspecified atom stereocenters. The maximum Gasteiger partial charge on any atom is 0.336 e. The van der Waals surface area contributed by atoms with Gasteiger partial charge in [-0.05, 0) is 33.3 Å². The van der Waals surface area contributed by atoms with Crippen molar-refractivity contribution in [2.45, 2.75) is 45.4 Å². The zero-order chi connectivity index (χ0) is 22.2. The monoisotopic (exact) mass is 418 g/mol. The van der Waals surface area contributed by atoms with Crippen LogP contribution in [-0.2, 0) is 23.8 Å². The lowest BCUT2D eigenvalue weighted by molar-refractivity contribution is -0.384. The summed E-state index contributed by atoms with van der Waals surface area (Å²) in [6.45, 7) is 7.79. The Kier molecular flexibility index (Phi) is 5.85. The first-order valence-corrected chi connectivity index (χ1v) is 9.81. The predicted molar refractivity (Wildman–Crippen MR) is 106 cm³/mol. The van der Waals surface area contributed by atoms with Crippen LogP contribution in [0.25, 0.3) is 0 Å². The molecule has 1 fully saturated rings. The molecule has 30 heavy (non-hydrogen) atoms. The van der Waals surface area contributed by atoms with E-state index in [1.807, 2.05) is 11.8 Å². The van der Waals surface area contributed by atoms with Gasteiger partial charge in [0.2, 0.25) is 0 Å². The molecule has 0 N–H and O–H groups in total. The number of methoxy groups -OCH3 is 1. The average molecular weight is 418 g/mol. The summed E-state index contributed by atoms with van der Waals surface area (Å²) < 4.78 is 16.6. The molecule has 3 rings (SSSR count). The van der Waals surface area contributed by atoms with E-state index >= 15 is 0 Å². The second kappa shape index (κ2) is 8.06. The van der Waals surface area contributed by atoms with Crippen LogP contribution in [0.4, 0.5) is 5.69 Å². The van der Waals surface area contributed by atoms with Crippen LogP contribution in [0.15, 0.2) is 35.5 Å². The number of carbonyl (C=O) groups excluding carboxylic acids is 2. The Bertz CT molecular complexity index is 912. The van der Waals surface area contributed by atoms with Crippen molar-refractivity contribution in [3.05, 3.63) is 51.2 Å². The Morgan fingerprint density at radius 3 is 2.70 bits per heavy atom. The van der Waals surface area contributed by atoms with Crippen molar-refractivity contribution >= 4 is 17.6 Å². The number of esters is 2. The predicted octanol–water partition coefficient (Wildman–Crippen LogP) is 2.76. The van der Waals surface area contributed by atoms with E-state index in [1.165, 1.54) is 25.3 Å². The number of carbonyl (C=O) groups is 2. The minimum atomic E-state index is -1.08. The summed E-state index contributed by atoms with van der Waals surface area (Å²) in [5.41, 5.74) is 0.121. The Hall–Kier alpha value is -2.94. The molecule has 2 aliphatic heterocycles. The van der Waals surface area contributed by atoms with E-state index in [1.54, 1.807) is 26.8 Å². The number of allylic oxidation sites excluding steroid dienone is 1. The summed E-state index contributed by atoms with van der Waals surface area (Å²) >= 11 is 0. The first-order valence-electron chi connectivity index (χ1n) is 9.81. The average Bonchev–Trinajstić information content (AvgIpc) is 3.02. The molecule has 9 nitrogen and oxygen atoms in total. The maximum absolute atomic E-state index is 13.2. The number of hydrogen-bond acceptors (Lipinski definition) is 8. The van der Waals surface area contributed by atoms with Gasteiger partial charge in [-0.3, -0.25) is 14.9 Å². The van der Waals surface area contributed by atoms with Gasteiger partial charge in [0.15, 0.2) is 5.72 Å². The molecular formula is C21H26N2O7. The lowest BCUT2D eigenvalue weighted by Crippen LogP contribution is -2.57. The standard InChI is InChI=1S/C21H26N2O7/c1-6-29-20(25)18-17(14-8-7-9-15(10-14)23(26)27)16(19(24)28-5)13(3)22-11-12(2)30-21(18,22)4/h7-10,12,17-18H,6,11H2,1-5H3/t12-,17+,18+,21-/m1/s1. The van der Waals surface area contributed by atoms with Crippen LogP contribution < -0.4 is 0 Å². The van der Waals surface area contributed by atoms with Gasteiger partial charge in [-0.25, -0.2) is 4.79 Å². The van der Waals surface area contributed by atoms with Crippen molar-refractivity contribution in [1.29, 1.82) is 0 Å². The molecule has 2 heterocycles. The number of benzene rings is 1. The van der Waals surface area contributed by atoms with Gasteiger partial charge in [0, 0.05) is 30.3 Å².